The standard InChI is InChI=1S/C14H27N3O/c1-12(2)9-13(15)14-10-16-11-17(14)7-5-4-6-8-18-3/h10-13H,4-9,15H2,1-3H3. The smallest absolute Gasteiger partial charge is 0.0948 e. The monoisotopic (exact) mass is 253 g/mol. The Morgan fingerprint density at radius 3 is 2.78 bits per heavy atom. The highest BCUT2D eigenvalue weighted by atomic mass is 16.5. The second kappa shape index (κ2) is 8.27. The Balaban J connectivity index is 2.39. The van der Waals surface area contributed by atoms with Gasteiger partial charge in [0.05, 0.1) is 12.0 Å². The van der Waals surface area contributed by atoms with Gasteiger partial charge in [-0.25, -0.2) is 4.98 Å². The highest BCUT2D eigenvalue weighted by Gasteiger charge is 2.12. The third kappa shape index (κ3) is 5.19. The van der Waals surface area contributed by atoms with Gasteiger partial charge in [0, 0.05) is 32.5 Å². The van der Waals surface area contributed by atoms with Crippen molar-refractivity contribution < 1.29 is 4.74 Å². The van der Waals surface area contributed by atoms with E-state index in [1.807, 2.05) is 12.5 Å². The van der Waals surface area contributed by atoms with Crippen molar-refractivity contribution in [1.29, 1.82) is 0 Å². The summed E-state index contributed by atoms with van der Waals surface area (Å²) in [4.78, 5) is 4.22. The molecular formula is C14H27N3O. The summed E-state index contributed by atoms with van der Waals surface area (Å²) in [5.74, 6) is 0.616. The zero-order chi connectivity index (χ0) is 13.4. The van der Waals surface area contributed by atoms with Gasteiger partial charge in [-0.3, -0.25) is 0 Å². The van der Waals surface area contributed by atoms with E-state index in [1.54, 1.807) is 7.11 Å². The van der Waals surface area contributed by atoms with E-state index in [9.17, 15) is 0 Å². The Morgan fingerprint density at radius 2 is 2.11 bits per heavy atom. The molecule has 0 radical (unpaired) electrons. The predicted octanol–water partition coefficient (Wildman–Crippen LogP) is 2.75. The fourth-order valence-electron chi connectivity index (χ4n) is 2.16. The molecule has 4 nitrogen and oxygen atoms in total. The molecule has 0 aliphatic heterocycles. The van der Waals surface area contributed by atoms with E-state index in [4.69, 9.17) is 10.5 Å². The number of unbranched alkanes of at least 4 members (excludes halogenated alkanes) is 2. The van der Waals surface area contributed by atoms with Crippen LogP contribution in [0.1, 0.15) is 51.3 Å². The van der Waals surface area contributed by atoms with E-state index < -0.39 is 0 Å². The van der Waals surface area contributed by atoms with E-state index >= 15 is 0 Å². The van der Waals surface area contributed by atoms with Crippen molar-refractivity contribution in [2.75, 3.05) is 13.7 Å². The molecule has 1 rings (SSSR count). The second-order valence-electron chi connectivity index (χ2n) is 5.30. The third-order valence-electron chi connectivity index (χ3n) is 3.10. The molecule has 1 unspecified atom stereocenters. The molecule has 0 aromatic carbocycles. The SMILES string of the molecule is COCCCCCn1cncc1C(N)CC(C)C. The fraction of sp³-hybridized carbons (Fsp3) is 0.786. The number of hydrogen-bond acceptors (Lipinski definition) is 3. The molecule has 1 atom stereocenters. The largest absolute Gasteiger partial charge is 0.385 e. The number of aryl methyl sites for hydroxylation is 1. The van der Waals surface area contributed by atoms with Crippen molar-refractivity contribution in [1.82, 2.24) is 9.55 Å². The minimum absolute atomic E-state index is 0.103. The maximum absolute atomic E-state index is 6.21. The van der Waals surface area contributed by atoms with E-state index in [-0.39, 0.29) is 6.04 Å². The fourth-order valence-corrected chi connectivity index (χ4v) is 2.16. The van der Waals surface area contributed by atoms with Crippen LogP contribution in [0, 0.1) is 5.92 Å². The summed E-state index contributed by atoms with van der Waals surface area (Å²) < 4.78 is 7.24. The number of imidazole rings is 1. The first-order valence-electron chi connectivity index (χ1n) is 6.89. The Hall–Kier alpha value is -0.870. The van der Waals surface area contributed by atoms with Gasteiger partial charge in [-0.15, -0.1) is 0 Å². The number of rotatable bonds is 9. The number of hydrogen-bond donors (Lipinski definition) is 1. The van der Waals surface area contributed by atoms with E-state index in [0.29, 0.717) is 5.92 Å². The van der Waals surface area contributed by atoms with Crippen molar-refractivity contribution in [2.24, 2.45) is 11.7 Å². The number of aromatic nitrogens is 2. The van der Waals surface area contributed by atoms with Gasteiger partial charge >= 0.3 is 0 Å². The van der Waals surface area contributed by atoms with Gasteiger partial charge in [0.1, 0.15) is 0 Å². The zero-order valence-electron chi connectivity index (χ0n) is 11.9. The topological polar surface area (TPSA) is 53.1 Å². The highest BCUT2D eigenvalue weighted by molar-refractivity contribution is 5.04. The van der Waals surface area contributed by atoms with E-state index in [0.717, 1.165) is 38.1 Å². The van der Waals surface area contributed by atoms with Crippen LogP contribution in [0.25, 0.3) is 0 Å². The molecule has 2 N–H and O–H groups in total. The summed E-state index contributed by atoms with van der Waals surface area (Å²) >= 11 is 0. The first-order valence-corrected chi connectivity index (χ1v) is 6.89. The molecule has 1 aromatic rings. The summed E-state index contributed by atoms with van der Waals surface area (Å²) in [6.07, 6.45) is 8.27. The second-order valence-corrected chi connectivity index (χ2v) is 5.30. The lowest BCUT2D eigenvalue weighted by Crippen LogP contribution is -2.17. The van der Waals surface area contributed by atoms with Crippen molar-refractivity contribution in [3.63, 3.8) is 0 Å². The van der Waals surface area contributed by atoms with Gasteiger partial charge < -0.3 is 15.0 Å². The lowest BCUT2D eigenvalue weighted by Gasteiger charge is -2.16. The number of ether oxygens (including phenoxy) is 1. The molecule has 0 amide bonds. The minimum Gasteiger partial charge on any atom is -0.385 e. The van der Waals surface area contributed by atoms with Crippen molar-refractivity contribution in [2.45, 2.75) is 52.1 Å². The van der Waals surface area contributed by atoms with Crippen molar-refractivity contribution in [3.05, 3.63) is 18.2 Å². The van der Waals surface area contributed by atoms with Crippen LogP contribution in [0.3, 0.4) is 0 Å². The first kappa shape index (κ1) is 15.2. The first-order chi connectivity index (χ1) is 8.65. The summed E-state index contributed by atoms with van der Waals surface area (Å²) in [7, 11) is 1.75. The van der Waals surface area contributed by atoms with Crippen LogP contribution in [0.4, 0.5) is 0 Å². The van der Waals surface area contributed by atoms with Gasteiger partial charge in [0.25, 0.3) is 0 Å². The average Bonchev–Trinajstić information content (AvgIpc) is 2.76. The molecule has 0 saturated carbocycles. The quantitative estimate of drug-likeness (QED) is 0.688. The van der Waals surface area contributed by atoms with Crippen LogP contribution in [0.2, 0.25) is 0 Å². The van der Waals surface area contributed by atoms with Crippen LogP contribution >= 0.6 is 0 Å². The Labute approximate surface area is 111 Å². The number of methoxy groups -OCH3 is 1. The molecule has 0 bridgehead atoms. The molecule has 0 fully saturated rings. The van der Waals surface area contributed by atoms with E-state index in [2.05, 4.69) is 23.4 Å². The molecule has 1 aromatic heterocycles. The average molecular weight is 253 g/mol. The highest BCUT2D eigenvalue weighted by Crippen LogP contribution is 2.18. The molecule has 0 saturated heterocycles. The summed E-state index contributed by atoms with van der Waals surface area (Å²) in [6.45, 7) is 6.26. The zero-order valence-corrected chi connectivity index (χ0v) is 11.9. The van der Waals surface area contributed by atoms with Gasteiger partial charge in [-0.2, -0.15) is 0 Å². The lowest BCUT2D eigenvalue weighted by molar-refractivity contribution is 0.191. The molecule has 1 heterocycles. The molecule has 18 heavy (non-hydrogen) atoms. The van der Waals surface area contributed by atoms with Crippen LogP contribution in [0.15, 0.2) is 12.5 Å². The maximum Gasteiger partial charge on any atom is 0.0948 e. The summed E-state index contributed by atoms with van der Waals surface area (Å²) in [5, 5.41) is 0. The van der Waals surface area contributed by atoms with Gasteiger partial charge in [-0.05, 0) is 31.6 Å². The van der Waals surface area contributed by atoms with Crippen LogP contribution in [-0.4, -0.2) is 23.3 Å². The van der Waals surface area contributed by atoms with Crippen LogP contribution in [-0.2, 0) is 11.3 Å². The maximum atomic E-state index is 6.21. The van der Waals surface area contributed by atoms with Crippen molar-refractivity contribution >= 4 is 0 Å². The summed E-state index contributed by atoms with van der Waals surface area (Å²) in [5.41, 5.74) is 7.37. The molecule has 0 aliphatic carbocycles. The number of nitrogens with two attached hydrogens (primary N) is 1. The van der Waals surface area contributed by atoms with Gasteiger partial charge in [-0.1, -0.05) is 13.8 Å². The number of nitrogens with zero attached hydrogens (tertiary/aromatic N) is 2. The Kier molecular flexibility index (Phi) is 6.98. The molecule has 0 spiro atoms. The van der Waals surface area contributed by atoms with E-state index in [1.165, 1.54) is 6.42 Å². The van der Waals surface area contributed by atoms with Crippen LogP contribution < -0.4 is 5.73 Å². The Morgan fingerprint density at radius 1 is 1.33 bits per heavy atom. The summed E-state index contributed by atoms with van der Waals surface area (Å²) in [6, 6.07) is 0.103. The Bertz CT molecular complexity index is 323. The molecule has 4 heteroatoms. The van der Waals surface area contributed by atoms with Gasteiger partial charge in [0.15, 0.2) is 0 Å². The normalized spacial score (nSPS) is 13.2. The van der Waals surface area contributed by atoms with Crippen LogP contribution in [0.5, 0.6) is 0 Å². The van der Waals surface area contributed by atoms with Gasteiger partial charge in [0.2, 0.25) is 0 Å². The predicted molar refractivity (Wildman–Crippen MR) is 74.3 cm³/mol. The molecular weight excluding hydrogens is 226 g/mol. The van der Waals surface area contributed by atoms with Crippen molar-refractivity contribution in [3.8, 4) is 0 Å². The molecule has 104 valence electrons. The minimum atomic E-state index is 0.103. The lowest BCUT2D eigenvalue weighted by atomic mass is 10.0. The third-order valence-corrected chi connectivity index (χ3v) is 3.10. The molecule has 0 aliphatic rings.